The van der Waals surface area contributed by atoms with E-state index in [0.717, 1.165) is 25.7 Å². The number of amides is 2. The van der Waals surface area contributed by atoms with Gasteiger partial charge in [-0.1, -0.05) is 43.2 Å². The lowest BCUT2D eigenvalue weighted by atomic mass is 10.1. The van der Waals surface area contributed by atoms with Crippen molar-refractivity contribution in [2.75, 3.05) is 19.0 Å². The number of carbonyl (C=O) groups is 3. The first-order valence-electron chi connectivity index (χ1n) is 10.0. The van der Waals surface area contributed by atoms with Crippen molar-refractivity contribution in [3.05, 3.63) is 59.7 Å². The molecule has 0 atom stereocenters. The van der Waals surface area contributed by atoms with Gasteiger partial charge in [0, 0.05) is 11.6 Å². The summed E-state index contributed by atoms with van der Waals surface area (Å²) >= 11 is 0. The Bertz CT molecular complexity index is 906. The predicted molar refractivity (Wildman–Crippen MR) is 112 cm³/mol. The van der Waals surface area contributed by atoms with Gasteiger partial charge < -0.3 is 20.1 Å². The number of esters is 1. The fraction of sp³-hybridized carbons (Fsp3) is 0.348. The average Bonchev–Trinajstić information content (AvgIpc) is 3.26. The van der Waals surface area contributed by atoms with Gasteiger partial charge in [0.1, 0.15) is 5.75 Å². The topological polar surface area (TPSA) is 93.7 Å². The monoisotopic (exact) mass is 410 g/mol. The number of hydrogen-bond acceptors (Lipinski definition) is 5. The zero-order chi connectivity index (χ0) is 21.3. The summed E-state index contributed by atoms with van der Waals surface area (Å²) in [5, 5.41) is 5.67. The largest absolute Gasteiger partial charge is 0.496 e. The van der Waals surface area contributed by atoms with Crippen molar-refractivity contribution < 1.29 is 23.9 Å². The molecule has 0 saturated heterocycles. The molecule has 0 bridgehead atoms. The first kappa shape index (κ1) is 21.4. The van der Waals surface area contributed by atoms with E-state index in [2.05, 4.69) is 10.6 Å². The maximum Gasteiger partial charge on any atom is 0.310 e. The van der Waals surface area contributed by atoms with Crippen LogP contribution < -0.4 is 15.4 Å². The van der Waals surface area contributed by atoms with Gasteiger partial charge in [-0.2, -0.15) is 0 Å². The highest BCUT2D eigenvalue weighted by Crippen LogP contribution is 2.21. The highest BCUT2D eigenvalue weighted by molar-refractivity contribution is 6.04. The van der Waals surface area contributed by atoms with Crippen LogP contribution in [0.15, 0.2) is 48.5 Å². The van der Waals surface area contributed by atoms with Gasteiger partial charge in [-0.3, -0.25) is 14.4 Å². The molecule has 0 heterocycles. The van der Waals surface area contributed by atoms with Crippen LogP contribution in [0.1, 0.15) is 41.6 Å². The van der Waals surface area contributed by atoms with E-state index >= 15 is 0 Å². The van der Waals surface area contributed by atoms with Crippen molar-refractivity contribution >= 4 is 23.5 Å². The Kier molecular flexibility index (Phi) is 7.43. The van der Waals surface area contributed by atoms with Crippen LogP contribution in [0.25, 0.3) is 0 Å². The Morgan fingerprint density at radius 1 is 1.00 bits per heavy atom. The molecule has 7 nitrogen and oxygen atoms in total. The molecule has 158 valence electrons. The molecule has 2 amide bonds. The van der Waals surface area contributed by atoms with E-state index in [9.17, 15) is 14.4 Å². The summed E-state index contributed by atoms with van der Waals surface area (Å²) in [5.41, 5.74) is 1.45. The summed E-state index contributed by atoms with van der Waals surface area (Å²) in [6.45, 7) is -0.438. The third kappa shape index (κ3) is 5.83. The van der Waals surface area contributed by atoms with Gasteiger partial charge in [0.05, 0.1) is 24.8 Å². The molecule has 2 aromatic rings. The van der Waals surface area contributed by atoms with Gasteiger partial charge in [-0.05, 0) is 31.0 Å². The van der Waals surface area contributed by atoms with E-state index < -0.39 is 18.5 Å². The zero-order valence-electron chi connectivity index (χ0n) is 17.0. The molecule has 0 aliphatic heterocycles. The first-order chi connectivity index (χ1) is 14.6. The molecule has 7 heteroatoms. The van der Waals surface area contributed by atoms with Crippen molar-refractivity contribution in [3.8, 4) is 5.75 Å². The molecule has 1 saturated carbocycles. The van der Waals surface area contributed by atoms with Gasteiger partial charge >= 0.3 is 5.97 Å². The molecule has 30 heavy (non-hydrogen) atoms. The first-order valence-corrected chi connectivity index (χ1v) is 10.0. The summed E-state index contributed by atoms with van der Waals surface area (Å²) in [6.07, 6.45) is 4.18. The zero-order valence-corrected chi connectivity index (χ0v) is 17.0. The van der Waals surface area contributed by atoms with E-state index in [0.29, 0.717) is 22.6 Å². The smallest absolute Gasteiger partial charge is 0.310 e. The average molecular weight is 410 g/mol. The number of methoxy groups -OCH3 is 1. The SMILES string of the molecule is COc1ccccc1CC(=O)OCC(=O)Nc1ccccc1C(=O)NC1CCCC1. The second kappa shape index (κ2) is 10.4. The van der Waals surface area contributed by atoms with Crippen LogP contribution in [0, 0.1) is 0 Å². The number of anilines is 1. The highest BCUT2D eigenvalue weighted by Gasteiger charge is 2.20. The molecule has 1 aliphatic carbocycles. The number of rotatable bonds is 8. The molecule has 0 radical (unpaired) electrons. The molecule has 0 unspecified atom stereocenters. The van der Waals surface area contributed by atoms with E-state index in [1.165, 1.54) is 7.11 Å². The Hall–Kier alpha value is -3.35. The quantitative estimate of drug-likeness (QED) is 0.653. The third-order valence-corrected chi connectivity index (χ3v) is 5.03. The molecule has 3 rings (SSSR count). The van der Waals surface area contributed by atoms with Crippen LogP contribution in [-0.2, 0) is 20.7 Å². The van der Waals surface area contributed by atoms with Crippen molar-refractivity contribution in [1.82, 2.24) is 5.32 Å². The van der Waals surface area contributed by atoms with E-state index in [4.69, 9.17) is 9.47 Å². The minimum Gasteiger partial charge on any atom is -0.496 e. The summed E-state index contributed by atoms with van der Waals surface area (Å²) < 4.78 is 10.3. The van der Waals surface area contributed by atoms with Crippen LogP contribution >= 0.6 is 0 Å². The molecule has 0 spiro atoms. The van der Waals surface area contributed by atoms with Crippen LogP contribution in [0.3, 0.4) is 0 Å². The maximum absolute atomic E-state index is 12.6. The highest BCUT2D eigenvalue weighted by atomic mass is 16.5. The van der Waals surface area contributed by atoms with E-state index in [1.807, 2.05) is 0 Å². The summed E-state index contributed by atoms with van der Waals surface area (Å²) in [6, 6.07) is 14.1. The Morgan fingerprint density at radius 3 is 2.47 bits per heavy atom. The predicted octanol–water partition coefficient (Wildman–Crippen LogP) is 3.09. The number of hydrogen-bond donors (Lipinski definition) is 2. The lowest BCUT2D eigenvalue weighted by molar-refractivity contribution is -0.146. The maximum atomic E-state index is 12.6. The second-order valence-electron chi connectivity index (χ2n) is 7.20. The Morgan fingerprint density at radius 2 is 1.70 bits per heavy atom. The molecular formula is C23H26N2O5. The van der Waals surface area contributed by atoms with Crippen molar-refractivity contribution in [2.24, 2.45) is 0 Å². The van der Waals surface area contributed by atoms with Gasteiger partial charge in [-0.25, -0.2) is 0 Å². The lowest BCUT2D eigenvalue weighted by Crippen LogP contribution is -2.33. The Labute approximate surface area is 175 Å². The summed E-state index contributed by atoms with van der Waals surface area (Å²) in [5.74, 6) is -0.682. The minimum atomic E-state index is -0.540. The molecule has 1 aliphatic rings. The second-order valence-corrected chi connectivity index (χ2v) is 7.20. The fourth-order valence-electron chi connectivity index (χ4n) is 3.51. The van der Waals surface area contributed by atoms with Crippen LogP contribution in [-0.4, -0.2) is 37.5 Å². The lowest BCUT2D eigenvalue weighted by Gasteiger charge is -2.15. The number of benzene rings is 2. The minimum absolute atomic E-state index is 0.00231. The molecule has 0 aromatic heterocycles. The van der Waals surface area contributed by atoms with Crippen LogP contribution in [0.5, 0.6) is 5.75 Å². The summed E-state index contributed by atoms with van der Waals surface area (Å²) in [7, 11) is 1.53. The molecule has 2 N–H and O–H groups in total. The third-order valence-electron chi connectivity index (χ3n) is 5.03. The molecule has 2 aromatic carbocycles. The number of nitrogens with one attached hydrogen (secondary N) is 2. The van der Waals surface area contributed by atoms with Crippen molar-refractivity contribution in [1.29, 1.82) is 0 Å². The number of ether oxygens (including phenoxy) is 2. The van der Waals surface area contributed by atoms with E-state index in [-0.39, 0.29) is 18.4 Å². The van der Waals surface area contributed by atoms with Gasteiger partial charge in [0.15, 0.2) is 6.61 Å². The summed E-state index contributed by atoms with van der Waals surface area (Å²) in [4.78, 5) is 36.9. The van der Waals surface area contributed by atoms with E-state index in [1.54, 1.807) is 48.5 Å². The normalized spacial score (nSPS) is 13.5. The molecule has 1 fully saturated rings. The number of para-hydroxylation sites is 2. The van der Waals surface area contributed by atoms with Crippen LogP contribution in [0.4, 0.5) is 5.69 Å². The van der Waals surface area contributed by atoms with Crippen molar-refractivity contribution in [2.45, 2.75) is 38.1 Å². The fourth-order valence-corrected chi connectivity index (χ4v) is 3.51. The molecular weight excluding hydrogens is 384 g/mol. The number of carbonyl (C=O) groups excluding carboxylic acids is 3. The van der Waals surface area contributed by atoms with Gasteiger partial charge in [0.25, 0.3) is 11.8 Å². The van der Waals surface area contributed by atoms with Crippen molar-refractivity contribution in [3.63, 3.8) is 0 Å². The van der Waals surface area contributed by atoms with Crippen LogP contribution in [0.2, 0.25) is 0 Å². The van der Waals surface area contributed by atoms with Gasteiger partial charge in [-0.15, -0.1) is 0 Å². The standard InChI is InChI=1S/C23H26N2O5/c1-29-20-13-7-2-8-16(20)14-22(27)30-15-21(26)25-19-12-6-5-11-18(19)23(28)24-17-9-3-4-10-17/h2,5-8,11-13,17H,3-4,9-10,14-15H2,1H3,(H,24,28)(H,25,26). The Balaban J connectivity index is 1.53. The van der Waals surface area contributed by atoms with Gasteiger partial charge in [0.2, 0.25) is 0 Å².